The molecule has 4 bridgehead atoms. The van der Waals surface area contributed by atoms with Gasteiger partial charge in [-0.2, -0.15) is 0 Å². The van der Waals surface area contributed by atoms with Crippen molar-refractivity contribution in [2.45, 2.75) is 18.5 Å². The van der Waals surface area contributed by atoms with E-state index in [0.29, 0.717) is 24.6 Å². The molecule has 2 atom stereocenters. The zero-order chi connectivity index (χ0) is 18.8. The molecule has 2 aromatic rings. The number of ether oxygens (including phenoxy) is 1. The van der Waals surface area contributed by atoms with E-state index in [9.17, 15) is 9.90 Å². The van der Waals surface area contributed by atoms with Crippen molar-refractivity contribution < 1.29 is 14.6 Å². The molecule has 4 aliphatic heterocycles. The van der Waals surface area contributed by atoms with Crippen LogP contribution in [0.2, 0.25) is 0 Å². The molecule has 0 aromatic heterocycles. The van der Waals surface area contributed by atoms with Crippen LogP contribution >= 0.6 is 0 Å². The molecule has 0 amide bonds. The van der Waals surface area contributed by atoms with Crippen LogP contribution in [0.25, 0.3) is 0 Å². The van der Waals surface area contributed by atoms with Crippen LogP contribution in [0, 0.1) is 5.41 Å². The maximum atomic E-state index is 13.5. The van der Waals surface area contributed by atoms with Crippen LogP contribution in [0.5, 0.6) is 11.5 Å². The molecule has 0 spiro atoms. The first-order valence-electron chi connectivity index (χ1n) is 9.43. The summed E-state index contributed by atoms with van der Waals surface area (Å²) in [6, 6.07) is 15.8. The van der Waals surface area contributed by atoms with Crippen LogP contribution in [0.3, 0.4) is 0 Å². The molecule has 4 heterocycles. The molecule has 27 heavy (non-hydrogen) atoms. The van der Waals surface area contributed by atoms with Crippen molar-refractivity contribution in [3.8, 4) is 11.5 Å². The molecule has 5 nitrogen and oxygen atoms in total. The van der Waals surface area contributed by atoms with Crippen molar-refractivity contribution in [2.24, 2.45) is 5.41 Å². The van der Waals surface area contributed by atoms with Gasteiger partial charge in [0.25, 0.3) is 0 Å². The molecule has 4 aliphatic rings. The molecule has 0 aliphatic carbocycles. The quantitative estimate of drug-likeness (QED) is 0.907. The number of hydrogen-bond acceptors (Lipinski definition) is 5. The van der Waals surface area contributed by atoms with Crippen LogP contribution in [0.4, 0.5) is 0 Å². The number of Topliss-reactive ketones (excluding diaryl/α,β-unsaturated/α-hetero) is 1. The van der Waals surface area contributed by atoms with E-state index in [0.717, 1.165) is 24.2 Å². The van der Waals surface area contributed by atoms with Gasteiger partial charge in [-0.15, -0.1) is 0 Å². The standard InChI is InChI=1S/C22H24N2O3/c1-21-11-23-13-22(20(21)26,15-7-4-3-5-8-15)14-24(12-21)19(23)16-9-6-10-17(27-2)18(16)25/h3-10,19,25H,11-14H2,1-2H3. The largest absolute Gasteiger partial charge is 0.504 e. The third kappa shape index (κ3) is 2.15. The van der Waals surface area contributed by atoms with E-state index in [1.165, 1.54) is 0 Å². The number of hydrogen-bond donors (Lipinski definition) is 1. The molecule has 140 valence electrons. The summed E-state index contributed by atoms with van der Waals surface area (Å²) in [6.45, 7) is 4.90. The molecular weight excluding hydrogens is 340 g/mol. The molecular formula is C22H24N2O3. The molecule has 6 rings (SSSR count). The number of aromatic hydroxyl groups is 1. The molecule has 0 radical (unpaired) electrons. The monoisotopic (exact) mass is 364 g/mol. The van der Waals surface area contributed by atoms with Crippen molar-refractivity contribution in [2.75, 3.05) is 33.3 Å². The number of piperidine rings is 2. The number of carbonyl (C=O) groups is 1. The number of carbonyl (C=O) groups excluding carboxylic acids is 1. The van der Waals surface area contributed by atoms with Gasteiger partial charge in [-0.3, -0.25) is 14.6 Å². The third-order valence-electron chi connectivity index (χ3n) is 6.58. The lowest BCUT2D eigenvalue weighted by atomic mass is 9.58. The number of ketones is 1. The van der Waals surface area contributed by atoms with E-state index >= 15 is 0 Å². The summed E-state index contributed by atoms with van der Waals surface area (Å²) in [4.78, 5) is 18.2. The Morgan fingerprint density at radius 1 is 1.00 bits per heavy atom. The molecule has 2 aromatic carbocycles. The Bertz CT molecular complexity index is 895. The van der Waals surface area contributed by atoms with Gasteiger partial charge in [0.15, 0.2) is 17.3 Å². The minimum absolute atomic E-state index is 0.0295. The Morgan fingerprint density at radius 3 is 2.30 bits per heavy atom. The lowest BCUT2D eigenvalue weighted by Crippen LogP contribution is -2.77. The lowest BCUT2D eigenvalue weighted by Gasteiger charge is -2.65. The zero-order valence-corrected chi connectivity index (χ0v) is 15.7. The fraction of sp³-hybridized carbons (Fsp3) is 0.409. The van der Waals surface area contributed by atoms with Gasteiger partial charge in [0.05, 0.1) is 24.1 Å². The second kappa shape index (κ2) is 5.57. The fourth-order valence-electron chi connectivity index (χ4n) is 5.62. The summed E-state index contributed by atoms with van der Waals surface area (Å²) in [5, 5.41) is 10.7. The average Bonchev–Trinajstić information content (AvgIpc) is 2.66. The Kier molecular flexibility index (Phi) is 3.46. The van der Waals surface area contributed by atoms with Crippen LogP contribution in [0.1, 0.15) is 24.2 Å². The number of phenols is 1. The van der Waals surface area contributed by atoms with Crippen LogP contribution in [0.15, 0.2) is 48.5 Å². The summed E-state index contributed by atoms with van der Waals surface area (Å²) in [7, 11) is 1.57. The highest BCUT2D eigenvalue weighted by Crippen LogP contribution is 2.54. The number of para-hydroxylation sites is 1. The summed E-state index contributed by atoms with van der Waals surface area (Å²) in [5.74, 6) is 1.05. The molecule has 1 N–H and O–H groups in total. The Hall–Kier alpha value is -2.37. The zero-order valence-electron chi connectivity index (χ0n) is 15.7. The van der Waals surface area contributed by atoms with Gasteiger partial charge in [-0.1, -0.05) is 49.4 Å². The topological polar surface area (TPSA) is 53.0 Å². The van der Waals surface area contributed by atoms with Crippen molar-refractivity contribution in [3.63, 3.8) is 0 Å². The van der Waals surface area contributed by atoms with E-state index in [-0.39, 0.29) is 17.3 Å². The van der Waals surface area contributed by atoms with E-state index < -0.39 is 5.41 Å². The normalized spacial score (nSPS) is 36.8. The number of rotatable bonds is 3. The van der Waals surface area contributed by atoms with Gasteiger partial charge in [0.2, 0.25) is 0 Å². The Morgan fingerprint density at radius 2 is 1.67 bits per heavy atom. The molecule has 5 heteroatoms. The number of benzene rings is 2. The first-order valence-corrected chi connectivity index (χ1v) is 9.43. The van der Waals surface area contributed by atoms with Gasteiger partial charge in [-0.25, -0.2) is 0 Å². The number of phenolic OH excluding ortho intramolecular Hbond substituents is 1. The number of methoxy groups -OCH3 is 1. The van der Waals surface area contributed by atoms with Gasteiger partial charge in [0, 0.05) is 31.7 Å². The summed E-state index contributed by atoms with van der Waals surface area (Å²) in [6.07, 6.45) is -0.0295. The minimum atomic E-state index is -0.489. The first kappa shape index (κ1) is 16.8. The van der Waals surface area contributed by atoms with Gasteiger partial charge in [0.1, 0.15) is 0 Å². The summed E-state index contributed by atoms with van der Waals surface area (Å²) >= 11 is 0. The maximum Gasteiger partial charge on any atom is 0.163 e. The van der Waals surface area contributed by atoms with E-state index in [4.69, 9.17) is 4.74 Å². The number of nitrogens with zero attached hydrogens (tertiary/aromatic N) is 2. The van der Waals surface area contributed by atoms with Crippen LogP contribution in [-0.4, -0.2) is 54.0 Å². The second-order valence-electron chi connectivity index (χ2n) is 8.42. The summed E-state index contributed by atoms with van der Waals surface area (Å²) in [5.41, 5.74) is 1.09. The van der Waals surface area contributed by atoms with Crippen molar-refractivity contribution >= 4 is 5.78 Å². The van der Waals surface area contributed by atoms with Gasteiger partial charge >= 0.3 is 0 Å². The predicted octanol–water partition coefficient (Wildman–Crippen LogP) is 2.56. The van der Waals surface area contributed by atoms with Crippen molar-refractivity contribution in [3.05, 3.63) is 59.7 Å². The third-order valence-corrected chi connectivity index (χ3v) is 6.58. The van der Waals surface area contributed by atoms with Crippen molar-refractivity contribution in [1.29, 1.82) is 0 Å². The fourth-order valence-corrected chi connectivity index (χ4v) is 5.62. The Labute approximate surface area is 159 Å². The van der Waals surface area contributed by atoms with E-state index in [1.54, 1.807) is 13.2 Å². The van der Waals surface area contributed by atoms with Crippen LogP contribution < -0.4 is 4.74 Å². The SMILES string of the molecule is COc1cccc(C2N3CC4(C)CN2CC(c2ccccc2)(C3)C4=O)c1O. The highest BCUT2D eigenvalue weighted by atomic mass is 16.5. The molecule has 2 unspecified atom stereocenters. The van der Waals surface area contributed by atoms with Gasteiger partial charge < -0.3 is 9.84 Å². The molecule has 4 fully saturated rings. The smallest absolute Gasteiger partial charge is 0.163 e. The minimum Gasteiger partial charge on any atom is -0.504 e. The predicted molar refractivity (Wildman–Crippen MR) is 102 cm³/mol. The lowest BCUT2D eigenvalue weighted by molar-refractivity contribution is -0.186. The van der Waals surface area contributed by atoms with Crippen molar-refractivity contribution in [1.82, 2.24) is 9.80 Å². The van der Waals surface area contributed by atoms with E-state index in [1.807, 2.05) is 30.3 Å². The van der Waals surface area contributed by atoms with Gasteiger partial charge in [-0.05, 0) is 11.6 Å². The van der Waals surface area contributed by atoms with E-state index in [2.05, 4.69) is 28.9 Å². The Balaban J connectivity index is 1.61. The highest BCUT2D eigenvalue weighted by Gasteiger charge is 2.64. The summed E-state index contributed by atoms with van der Waals surface area (Å²) < 4.78 is 5.31. The average molecular weight is 364 g/mol. The maximum absolute atomic E-state index is 13.5. The molecule has 0 saturated carbocycles. The first-order chi connectivity index (χ1) is 13.0. The van der Waals surface area contributed by atoms with Crippen LogP contribution in [-0.2, 0) is 10.2 Å². The second-order valence-corrected chi connectivity index (χ2v) is 8.42. The highest BCUT2D eigenvalue weighted by molar-refractivity contribution is 5.97. The molecule has 4 saturated heterocycles.